The molecule has 7 nitrogen and oxygen atoms in total. The maximum absolute atomic E-state index is 13.1. The fourth-order valence-corrected chi connectivity index (χ4v) is 4.72. The number of fused-ring (bicyclic) bond motifs is 1. The maximum atomic E-state index is 13.1. The highest BCUT2D eigenvalue weighted by Gasteiger charge is 2.26. The van der Waals surface area contributed by atoms with Crippen molar-refractivity contribution in [1.29, 1.82) is 0 Å². The summed E-state index contributed by atoms with van der Waals surface area (Å²) < 4.78 is 1.87. The molecular formula is C29H30N6O. The summed E-state index contributed by atoms with van der Waals surface area (Å²) in [5, 5.41) is 13.8. The number of hydrogen-bond donors (Lipinski definition) is 1. The van der Waals surface area contributed by atoms with Gasteiger partial charge >= 0.3 is 0 Å². The Bertz CT molecular complexity index is 1490. The Kier molecular flexibility index (Phi) is 7.00. The molecule has 7 heteroatoms. The predicted molar refractivity (Wildman–Crippen MR) is 141 cm³/mol. The third kappa shape index (κ3) is 5.26. The molecule has 0 unspecified atom stereocenters. The van der Waals surface area contributed by atoms with Gasteiger partial charge in [0.15, 0.2) is 5.82 Å². The summed E-state index contributed by atoms with van der Waals surface area (Å²) in [5.41, 5.74) is 4.98. The molecule has 2 aromatic heterocycles. The molecular weight excluding hydrogens is 448 g/mol. The molecule has 0 spiro atoms. The van der Waals surface area contributed by atoms with Crippen LogP contribution < -0.4 is 5.56 Å². The Morgan fingerprint density at radius 3 is 2.36 bits per heavy atom. The van der Waals surface area contributed by atoms with E-state index in [1.165, 1.54) is 5.56 Å². The standard InChI is InChI=1S/C29H30N6O/c1-3-27(28-31-32-33-35(28)19-23-12-8-5-9-13-23)34(18-22-10-6-4-7-11-22)20-25-17-24-16-21(2)14-15-26(24)30-29(25)36/h4-17,27H,3,18-20H2,1-2H3,(H,30,36)/t27-/m0/s1. The monoisotopic (exact) mass is 478 g/mol. The molecule has 1 N–H and O–H groups in total. The van der Waals surface area contributed by atoms with Gasteiger partial charge in [0, 0.05) is 24.2 Å². The van der Waals surface area contributed by atoms with E-state index in [-0.39, 0.29) is 11.6 Å². The number of aromatic amines is 1. The number of H-pyrrole nitrogens is 1. The zero-order valence-corrected chi connectivity index (χ0v) is 20.6. The average Bonchev–Trinajstić information content (AvgIpc) is 3.34. The molecule has 2 heterocycles. The Hall–Kier alpha value is -4.10. The molecule has 5 rings (SSSR count). The Balaban J connectivity index is 1.52. The maximum Gasteiger partial charge on any atom is 0.252 e. The second kappa shape index (κ2) is 10.7. The highest BCUT2D eigenvalue weighted by atomic mass is 16.1. The summed E-state index contributed by atoms with van der Waals surface area (Å²) in [7, 11) is 0. The third-order valence-corrected chi connectivity index (χ3v) is 6.54. The number of rotatable bonds is 9. The lowest BCUT2D eigenvalue weighted by molar-refractivity contribution is 0.161. The molecule has 0 fully saturated rings. The van der Waals surface area contributed by atoms with Gasteiger partial charge in [0.05, 0.1) is 12.6 Å². The zero-order chi connectivity index (χ0) is 24.9. The molecule has 0 saturated heterocycles. The molecule has 0 amide bonds. The van der Waals surface area contributed by atoms with E-state index in [9.17, 15) is 4.79 Å². The lowest BCUT2D eigenvalue weighted by atomic mass is 10.1. The molecule has 0 radical (unpaired) electrons. The second-order valence-corrected chi connectivity index (χ2v) is 9.21. The molecule has 0 aliphatic rings. The van der Waals surface area contributed by atoms with Gasteiger partial charge in [-0.2, -0.15) is 0 Å². The Morgan fingerprint density at radius 1 is 0.917 bits per heavy atom. The van der Waals surface area contributed by atoms with Gasteiger partial charge in [-0.3, -0.25) is 9.69 Å². The van der Waals surface area contributed by atoms with Gasteiger partial charge < -0.3 is 4.98 Å². The minimum atomic E-state index is -0.0727. The first-order valence-corrected chi connectivity index (χ1v) is 12.3. The lowest BCUT2D eigenvalue weighted by Crippen LogP contribution is -2.32. The number of hydrogen-bond acceptors (Lipinski definition) is 5. The van der Waals surface area contributed by atoms with Gasteiger partial charge in [-0.25, -0.2) is 4.68 Å². The number of nitrogens with one attached hydrogen (secondary N) is 1. The van der Waals surface area contributed by atoms with E-state index < -0.39 is 0 Å². The van der Waals surface area contributed by atoms with Crippen LogP contribution in [0.1, 0.15) is 47.5 Å². The lowest BCUT2D eigenvalue weighted by Gasteiger charge is -2.30. The highest BCUT2D eigenvalue weighted by Crippen LogP contribution is 2.27. The number of nitrogens with zero attached hydrogens (tertiary/aromatic N) is 5. The molecule has 0 saturated carbocycles. The second-order valence-electron chi connectivity index (χ2n) is 9.21. The zero-order valence-electron chi connectivity index (χ0n) is 20.6. The minimum Gasteiger partial charge on any atom is -0.322 e. The summed E-state index contributed by atoms with van der Waals surface area (Å²) in [5.74, 6) is 0.797. The molecule has 1 atom stereocenters. The van der Waals surface area contributed by atoms with Crippen molar-refractivity contribution in [3.05, 3.63) is 123 Å². The van der Waals surface area contributed by atoms with E-state index in [0.717, 1.165) is 39.8 Å². The molecule has 5 aromatic rings. The van der Waals surface area contributed by atoms with E-state index in [1.807, 2.05) is 59.3 Å². The predicted octanol–water partition coefficient (Wildman–Crippen LogP) is 5.02. The number of aryl methyl sites for hydroxylation is 1. The van der Waals surface area contributed by atoms with E-state index in [0.29, 0.717) is 19.6 Å². The van der Waals surface area contributed by atoms with Crippen molar-refractivity contribution in [2.75, 3.05) is 0 Å². The van der Waals surface area contributed by atoms with Crippen molar-refractivity contribution in [3.63, 3.8) is 0 Å². The molecule has 0 bridgehead atoms. The van der Waals surface area contributed by atoms with Crippen molar-refractivity contribution < 1.29 is 0 Å². The van der Waals surface area contributed by atoms with Crippen LogP contribution in [0.15, 0.2) is 89.7 Å². The van der Waals surface area contributed by atoms with Crippen LogP contribution in [-0.2, 0) is 19.6 Å². The van der Waals surface area contributed by atoms with Crippen molar-refractivity contribution >= 4 is 10.9 Å². The number of benzene rings is 3. The highest BCUT2D eigenvalue weighted by molar-refractivity contribution is 5.79. The van der Waals surface area contributed by atoms with Crippen molar-refractivity contribution in [2.45, 2.75) is 45.9 Å². The smallest absolute Gasteiger partial charge is 0.252 e. The topological polar surface area (TPSA) is 79.7 Å². The number of tetrazole rings is 1. The summed E-state index contributed by atoms with van der Waals surface area (Å²) in [6, 6.07) is 28.5. The van der Waals surface area contributed by atoms with E-state index in [4.69, 9.17) is 0 Å². The van der Waals surface area contributed by atoms with Crippen molar-refractivity contribution in [2.24, 2.45) is 0 Å². The van der Waals surface area contributed by atoms with E-state index in [1.54, 1.807) is 0 Å². The molecule has 182 valence electrons. The first-order chi connectivity index (χ1) is 17.6. The molecule has 36 heavy (non-hydrogen) atoms. The van der Waals surface area contributed by atoms with Gasteiger partial charge in [0.2, 0.25) is 0 Å². The quantitative estimate of drug-likeness (QED) is 0.322. The van der Waals surface area contributed by atoms with Gasteiger partial charge in [-0.15, -0.1) is 5.10 Å². The Morgan fingerprint density at radius 2 is 1.64 bits per heavy atom. The molecule has 3 aromatic carbocycles. The summed E-state index contributed by atoms with van der Waals surface area (Å²) in [6.45, 7) is 5.94. The fourth-order valence-electron chi connectivity index (χ4n) is 4.72. The molecule has 0 aliphatic carbocycles. The van der Waals surface area contributed by atoms with Crippen LogP contribution in [0.3, 0.4) is 0 Å². The Labute approximate surface area is 210 Å². The minimum absolute atomic E-state index is 0.0665. The largest absolute Gasteiger partial charge is 0.322 e. The van der Waals surface area contributed by atoms with Crippen LogP contribution >= 0.6 is 0 Å². The van der Waals surface area contributed by atoms with Gasteiger partial charge in [0.25, 0.3) is 5.56 Å². The summed E-state index contributed by atoms with van der Waals surface area (Å²) in [6.07, 6.45) is 0.798. The number of pyridine rings is 1. The van der Waals surface area contributed by atoms with Crippen LogP contribution in [0.4, 0.5) is 0 Å². The van der Waals surface area contributed by atoms with Crippen LogP contribution in [-0.4, -0.2) is 30.1 Å². The summed E-state index contributed by atoms with van der Waals surface area (Å²) >= 11 is 0. The van der Waals surface area contributed by atoms with Crippen molar-refractivity contribution in [1.82, 2.24) is 30.1 Å². The normalized spacial score (nSPS) is 12.3. The third-order valence-electron chi connectivity index (χ3n) is 6.54. The molecule has 0 aliphatic heterocycles. The van der Waals surface area contributed by atoms with Crippen LogP contribution in [0.5, 0.6) is 0 Å². The van der Waals surface area contributed by atoms with Crippen LogP contribution in [0.25, 0.3) is 10.9 Å². The first-order valence-electron chi connectivity index (χ1n) is 12.3. The summed E-state index contributed by atoms with van der Waals surface area (Å²) in [4.78, 5) is 18.4. The average molecular weight is 479 g/mol. The van der Waals surface area contributed by atoms with E-state index in [2.05, 4.69) is 69.6 Å². The van der Waals surface area contributed by atoms with E-state index >= 15 is 0 Å². The SMILES string of the molecule is CC[C@@H](c1nnnn1Cc1ccccc1)N(Cc1ccccc1)Cc1cc2cc(C)ccc2[nH]c1=O. The van der Waals surface area contributed by atoms with Crippen molar-refractivity contribution in [3.8, 4) is 0 Å². The van der Waals surface area contributed by atoms with Crippen LogP contribution in [0, 0.1) is 6.92 Å². The first kappa shape index (κ1) is 23.6. The van der Waals surface area contributed by atoms with Gasteiger partial charge in [-0.1, -0.05) is 79.2 Å². The fraction of sp³-hybridized carbons (Fsp3) is 0.241. The van der Waals surface area contributed by atoms with Gasteiger partial charge in [0.1, 0.15) is 0 Å². The van der Waals surface area contributed by atoms with Gasteiger partial charge in [-0.05, 0) is 58.5 Å². The van der Waals surface area contributed by atoms with Crippen LogP contribution in [0.2, 0.25) is 0 Å². The number of aromatic nitrogens is 5.